The Morgan fingerprint density at radius 2 is 1.66 bits per heavy atom. The van der Waals surface area contributed by atoms with Crippen molar-refractivity contribution < 1.29 is 13.2 Å². The Morgan fingerprint density at radius 3 is 2.43 bits per heavy atom. The van der Waals surface area contributed by atoms with Gasteiger partial charge < -0.3 is 9.47 Å². The van der Waals surface area contributed by atoms with Gasteiger partial charge in [-0.3, -0.25) is 4.79 Å². The molecule has 1 aromatic heterocycles. The van der Waals surface area contributed by atoms with Crippen LogP contribution in [0, 0.1) is 0 Å². The predicted molar refractivity (Wildman–Crippen MR) is 134 cm³/mol. The van der Waals surface area contributed by atoms with Crippen LogP contribution in [0.5, 0.6) is 0 Å². The van der Waals surface area contributed by atoms with Crippen molar-refractivity contribution in [3.05, 3.63) is 41.5 Å². The molecule has 2 fully saturated rings. The zero-order valence-corrected chi connectivity index (χ0v) is 21.5. The Kier molecular flexibility index (Phi) is 7.25. The summed E-state index contributed by atoms with van der Waals surface area (Å²) in [5.74, 6) is 2.24. The zero-order valence-electron chi connectivity index (χ0n) is 20.7. The third-order valence-corrected chi connectivity index (χ3v) is 10.0. The number of amides is 1. The summed E-state index contributed by atoms with van der Waals surface area (Å²) in [7, 11) is -1.88. The Morgan fingerprint density at radius 1 is 0.914 bits per heavy atom. The minimum atomic E-state index is -3.57. The van der Waals surface area contributed by atoms with Gasteiger partial charge in [-0.15, -0.1) is 10.2 Å². The molecule has 9 heteroatoms. The molecule has 35 heavy (non-hydrogen) atoms. The summed E-state index contributed by atoms with van der Waals surface area (Å²) in [5.41, 5.74) is 0.532. The molecular formula is C26H37N5O3S. The summed E-state index contributed by atoms with van der Waals surface area (Å²) in [6, 6.07) is 6.56. The third kappa shape index (κ3) is 5.03. The molecule has 1 saturated carbocycles. The minimum absolute atomic E-state index is 0.0464. The minimum Gasteiger partial charge on any atom is -0.338 e. The lowest BCUT2D eigenvalue weighted by Crippen LogP contribution is -2.40. The first-order chi connectivity index (χ1) is 16.9. The lowest BCUT2D eigenvalue weighted by atomic mass is 9.96. The van der Waals surface area contributed by atoms with Gasteiger partial charge in [0.25, 0.3) is 5.91 Å². The second-order valence-electron chi connectivity index (χ2n) is 10.4. The second kappa shape index (κ2) is 10.4. The van der Waals surface area contributed by atoms with E-state index in [1.54, 1.807) is 31.3 Å². The number of rotatable bonds is 5. The van der Waals surface area contributed by atoms with E-state index < -0.39 is 10.0 Å². The van der Waals surface area contributed by atoms with Gasteiger partial charge in [0.05, 0.1) is 4.90 Å². The van der Waals surface area contributed by atoms with Crippen molar-refractivity contribution in [2.45, 2.75) is 94.0 Å². The number of piperidine rings is 1. The number of likely N-dealkylation sites (tertiary alicyclic amines) is 1. The summed E-state index contributed by atoms with van der Waals surface area (Å²) in [5, 5.41) is 8.98. The van der Waals surface area contributed by atoms with Crippen LogP contribution in [0.2, 0.25) is 0 Å². The Bertz CT molecular complexity index is 1140. The lowest BCUT2D eigenvalue weighted by molar-refractivity contribution is 0.0703. The van der Waals surface area contributed by atoms with Crippen molar-refractivity contribution in [3.63, 3.8) is 0 Å². The van der Waals surface area contributed by atoms with E-state index in [-0.39, 0.29) is 22.8 Å². The smallest absolute Gasteiger partial charge is 0.253 e. The number of fused-ring (bicyclic) bond motifs is 1. The van der Waals surface area contributed by atoms with Crippen LogP contribution < -0.4 is 0 Å². The topological polar surface area (TPSA) is 88.4 Å². The molecule has 0 spiro atoms. The fourth-order valence-corrected chi connectivity index (χ4v) is 7.36. The van der Waals surface area contributed by atoms with Crippen molar-refractivity contribution >= 4 is 15.9 Å². The van der Waals surface area contributed by atoms with E-state index in [1.165, 1.54) is 17.1 Å². The van der Waals surface area contributed by atoms with Gasteiger partial charge in [0.1, 0.15) is 11.6 Å². The Labute approximate surface area is 208 Å². The van der Waals surface area contributed by atoms with Crippen molar-refractivity contribution in [2.75, 3.05) is 20.1 Å². The van der Waals surface area contributed by atoms with Crippen LogP contribution in [-0.4, -0.2) is 64.5 Å². The molecule has 0 N–H and O–H groups in total. The lowest BCUT2D eigenvalue weighted by Gasteiger charge is -2.32. The summed E-state index contributed by atoms with van der Waals surface area (Å²) in [4.78, 5) is 15.5. The van der Waals surface area contributed by atoms with Crippen molar-refractivity contribution in [2.24, 2.45) is 0 Å². The molecule has 1 unspecified atom stereocenters. The number of carbonyl (C=O) groups excluding carboxylic acids is 1. The maximum Gasteiger partial charge on any atom is 0.253 e. The Hall–Kier alpha value is -2.26. The van der Waals surface area contributed by atoms with Gasteiger partial charge in [0.15, 0.2) is 0 Å². The van der Waals surface area contributed by atoms with E-state index in [0.29, 0.717) is 18.7 Å². The molecule has 2 aliphatic heterocycles. The van der Waals surface area contributed by atoms with Crippen LogP contribution in [0.1, 0.15) is 92.1 Å². The molecule has 3 heterocycles. The summed E-state index contributed by atoms with van der Waals surface area (Å²) in [6.07, 6.45) is 11.6. The molecule has 5 rings (SSSR count). The average molecular weight is 500 g/mol. The monoisotopic (exact) mass is 499 g/mol. The van der Waals surface area contributed by atoms with Gasteiger partial charge in [-0.25, -0.2) is 8.42 Å². The molecule has 3 aliphatic rings. The first-order valence-corrected chi connectivity index (χ1v) is 14.7. The van der Waals surface area contributed by atoms with Crippen molar-refractivity contribution in [3.8, 4) is 0 Å². The fraction of sp³-hybridized carbons (Fsp3) is 0.654. The highest BCUT2D eigenvalue weighted by Crippen LogP contribution is 2.30. The molecule has 0 radical (unpaired) electrons. The van der Waals surface area contributed by atoms with E-state index in [2.05, 4.69) is 14.8 Å². The van der Waals surface area contributed by atoms with Crippen LogP contribution in [-0.2, 0) is 23.0 Å². The highest BCUT2D eigenvalue weighted by Gasteiger charge is 2.31. The first-order valence-electron chi connectivity index (χ1n) is 13.2. The van der Waals surface area contributed by atoms with Gasteiger partial charge in [-0.1, -0.05) is 25.7 Å². The number of aryl methyl sites for hydroxylation is 1. The number of sulfonamides is 1. The van der Waals surface area contributed by atoms with E-state index in [4.69, 9.17) is 0 Å². The highest BCUT2D eigenvalue weighted by molar-refractivity contribution is 7.89. The molecule has 1 atom stereocenters. The van der Waals surface area contributed by atoms with Crippen LogP contribution in [0.15, 0.2) is 29.2 Å². The van der Waals surface area contributed by atoms with Crippen molar-refractivity contribution in [1.82, 2.24) is 24.0 Å². The standard InChI is InChI=1S/C26H37N5O3S/c1-29(22-10-4-2-5-11-22)35(33,34)23-15-13-20(14-16-23)26(32)30-17-8-9-21(19-30)25-28-27-24-12-6-3-7-18-31(24)25/h13-16,21-22H,2-12,17-19H2,1H3. The number of carbonyl (C=O) groups is 1. The fourth-order valence-electron chi connectivity index (χ4n) is 5.94. The van der Waals surface area contributed by atoms with Gasteiger partial charge in [0.2, 0.25) is 10.0 Å². The number of aromatic nitrogens is 3. The Balaban J connectivity index is 1.28. The normalized spacial score (nSPS) is 22.1. The third-order valence-electron chi connectivity index (χ3n) is 8.08. The average Bonchev–Trinajstić information content (AvgIpc) is 3.16. The largest absolute Gasteiger partial charge is 0.338 e. The number of hydrogen-bond donors (Lipinski definition) is 0. The van der Waals surface area contributed by atoms with Gasteiger partial charge in [0, 0.05) is 50.6 Å². The number of nitrogens with zero attached hydrogens (tertiary/aromatic N) is 5. The van der Waals surface area contributed by atoms with Crippen LogP contribution >= 0.6 is 0 Å². The first kappa shape index (κ1) is 24.4. The second-order valence-corrected chi connectivity index (χ2v) is 12.4. The quantitative estimate of drug-likeness (QED) is 0.621. The number of benzene rings is 1. The molecular weight excluding hydrogens is 462 g/mol. The maximum absolute atomic E-state index is 13.3. The molecule has 1 amide bonds. The van der Waals surface area contributed by atoms with Gasteiger partial charge in [-0.2, -0.15) is 4.31 Å². The van der Waals surface area contributed by atoms with E-state index >= 15 is 0 Å². The van der Waals surface area contributed by atoms with Crippen LogP contribution in [0.25, 0.3) is 0 Å². The molecule has 1 aliphatic carbocycles. The van der Waals surface area contributed by atoms with Crippen LogP contribution in [0.4, 0.5) is 0 Å². The number of hydrogen-bond acceptors (Lipinski definition) is 5. The van der Waals surface area contributed by atoms with E-state index in [9.17, 15) is 13.2 Å². The van der Waals surface area contributed by atoms with E-state index in [1.807, 2.05) is 4.90 Å². The van der Waals surface area contributed by atoms with Crippen molar-refractivity contribution in [1.29, 1.82) is 0 Å². The molecule has 0 bridgehead atoms. The van der Waals surface area contributed by atoms with Crippen LogP contribution in [0.3, 0.4) is 0 Å². The molecule has 190 valence electrons. The predicted octanol–water partition coefficient (Wildman–Crippen LogP) is 3.98. The molecule has 1 saturated heterocycles. The summed E-state index contributed by atoms with van der Waals surface area (Å²) < 4.78 is 30.1. The van der Waals surface area contributed by atoms with Gasteiger partial charge >= 0.3 is 0 Å². The summed E-state index contributed by atoms with van der Waals surface area (Å²) in [6.45, 7) is 2.30. The molecule has 1 aromatic carbocycles. The van der Waals surface area contributed by atoms with Gasteiger partial charge in [-0.05, 0) is 62.8 Å². The molecule has 2 aromatic rings. The highest BCUT2D eigenvalue weighted by atomic mass is 32.2. The summed E-state index contributed by atoms with van der Waals surface area (Å²) >= 11 is 0. The zero-order chi connectivity index (χ0) is 24.4. The van der Waals surface area contributed by atoms with E-state index in [0.717, 1.165) is 76.0 Å². The maximum atomic E-state index is 13.3. The SMILES string of the molecule is CN(C1CCCCC1)S(=O)(=O)c1ccc(C(=O)N2CCCC(c3nnc4n3CCCCC4)C2)cc1. The molecule has 8 nitrogen and oxygen atoms in total.